The van der Waals surface area contributed by atoms with Gasteiger partial charge in [-0.2, -0.15) is 0 Å². The molecule has 1 aromatic heterocycles. The van der Waals surface area contributed by atoms with Crippen LogP contribution in [0.2, 0.25) is 0 Å². The van der Waals surface area contributed by atoms with Gasteiger partial charge in [0.15, 0.2) is 5.69 Å². The summed E-state index contributed by atoms with van der Waals surface area (Å²) in [5.41, 5.74) is 6.89. The van der Waals surface area contributed by atoms with Crippen LogP contribution in [0.4, 0.5) is 0 Å². The van der Waals surface area contributed by atoms with Crippen LogP contribution in [-0.4, -0.2) is 23.1 Å². The fourth-order valence-electron chi connectivity index (χ4n) is 4.20. The molecule has 0 spiro atoms. The van der Waals surface area contributed by atoms with Gasteiger partial charge in [0, 0.05) is 19.6 Å². The monoisotopic (exact) mass is 512 g/mol. The number of benzene rings is 3. The van der Waals surface area contributed by atoms with E-state index >= 15 is 0 Å². The minimum Gasteiger partial charge on any atom is -0.493 e. The van der Waals surface area contributed by atoms with E-state index in [2.05, 4.69) is 37.9 Å². The Morgan fingerprint density at radius 1 is 0.946 bits per heavy atom. The molecule has 0 aliphatic carbocycles. The maximum Gasteiger partial charge on any atom is 1.00 e. The van der Waals surface area contributed by atoms with Crippen molar-refractivity contribution in [2.75, 3.05) is 13.2 Å². The van der Waals surface area contributed by atoms with Crippen LogP contribution in [0.5, 0.6) is 11.5 Å². The molecule has 4 rings (SSSR count). The number of aromatic nitrogens is 2. The van der Waals surface area contributed by atoms with Gasteiger partial charge >= 0.3 is 35.3 Å². The normalized spacial score (nSPS) is 10.7. The number of rotatable bonds is 10. The second kappa shape index (κ2) is 13.0. The number of ether oxygens (including phenoxy) is 2. The topological polar surface area (TPSA) is 105 Å². The zero-order valence-electron chi connectivity index (χ0n) is 21.6. The van der Waals surface area contributed by atoms with E-state index in [0.29, 0.717) is 25.4 Å². The summed E-state index contributed by atoms with van der Waals surface area (Å²) in [6.07, 6.45) is 0.605. The van der Waals surface area contributed by atoms with E-state index in [-0.39, 0.29) is 42.7 Å². The predicted molar refractivity (Wildman–Crippen MR) is 136 cm³/mol. The summed E-state index contributed by atoms with van der Waals surface area (Å²) < 4.78 is 17.5. The van der Waals surface area contributed by atoms with Gasteiger partial charge in [-0.1, -0.05) is 30.3 Å². The third-order valence-corrected chi connectivity index (χ3v) is 6.03. The first-order valence-electron chi connectivity index (χ1n) is 11.8. The quantitative estimate of drug-likeness (QED) is 0.247. The molecular formula is C28H29N2NaO6. The van der Waals surface area contributed by atoms with E-state index in [1.165, 1.54) is 5.56 Å². The summed E-state index contributed by atoms with van der Waals surface area (Å²) in [5, 5.41) is 8.98. The van der Waals surface area contributed by atoms with Gasteiger partial charge in [-0.15, -0.1) is 0 Å². The molecule has 8 nitrogen and oxygen atoms in total. The predicted octanol–water partition coefficient (Wildman–Crippen LogP) is 0.743. The van der Waals surface area contributed by atoms with Crippen molar-refractivity contribution in [2.24, 2.45) is 0 Å². The van der Waals surface area contributed by atoms with Gasteiger partial charge in [0.05, 0.1) is 6.61 Å². The second-order valence-corrected chi connectivity index (χ2v) is 8.67. The van der Waals surface area contributed by atoms with Crippen molar-refractivity contribution in [1.29, 1.82) is 0 Å². The second-order valence-electron chi connectivity index (χ2n) is 8.67. The summed E-state index contributed by atoms with van der Waals surface area (Å²) in [6.45, 7) is 7.39. The van der Waals surface area contributed by atoms with Crippen LogP contribution in [-0.2, 0) is 13.2 Å². The van der Waals surface area contributed by atoms with E-state index in [1.54, 1.807) is 0 Å². The van der Waals surface area contributed by atoms with Gasteiger partial charge < -0.3 is 24.1 Å². The smallest absolute Gasteiger partial charge is 0.493 e. The van der Waals surface area contributed by atoms with Crippen molar-refractivity contribution in [3.8, 4) is 22.6 Å². The average molecular weight is 513 g/mol. The van der Waals surface area contributed by atoms with E-state index in [9.17, 15) is 9.59 Å². The van der Waals surface area contributed by atoms with Gasteiger partial charge in [0.1, 0.15) is 18.1 Å². The van der Waals surface area contributed by atoms with Crippen LogP contribution in [0, 0.1) is 20.8 Å². The first-order chi connectivity index (χ1) is 17.4. The zero-order valence-corrected chi connectivity index (χ0v) is 23.6. The number of aliphatic hydroxyl groups is 1. The molecule has 1 heterocycles. The standard InChI is InChI=1S/C28H30N2O6.Na/c1-18-14-24(34-13-5-12-31)15-19(2)26(18)25-7-4-6-22(20(25)3)17-35-23-10-8-21(9-11-23)16-30-27(32)29-28(33)36-30;/h4,6-11,14-15,31H,5,12-13,16-17H2,1-3H3,(H,29,32,33);/q;+1/p-1. The van der Waals surface area contributed by atoms with Crippen molar-refractivity contribution >= 4 is 0 Å². The van der Waals surface area contributed by atoms with Crippen molar-refractivity contribution < 1.29 is 48.7 Å². The molecule has 0 saturated carbocycles. The third kappa shape index (κ3) is 7.05. The van der Waals surface area contributed by atoms with E-state index < -0.39 is 11.4 Å². The van der Waals surface area contributed by atoms with Crippen molar-refractivity contribution in [3.63, 3.8) is 0 Å². The van der Waals surface area contributed by atoms with Crippen molar-refractivity contribution in [1.82, 2.24) is 9.72 Å². The van der Waals surface area contributed by atoms with Crippen molar-refractivity contribution in [3.05, 3.63) is 103 Å². The Bertz CT molecular complexity index is 1430. The molecule has 0 atom stereocenters. The van der Waals surface area contributed by atoms with Crippen LogP contribution in [0.3, 0.4) is 0 Å². The summed E-state index contributed by atoms with van der Waals surface area (Å²) in [4.78, 5) is 25.9. The number of aryl methyl sites for hydroxylation is 2. The molecule has 9 heteroatoms. The molecule has 3 aromatic carbocycles. The summed E-state index contributed by atoms with van der Waals surface area (Å²) in [7, 11) is 0. The molecule has 37 heavy (non-hydrogen) atoms. The molecule has 4 aromatic rings. The summed E-state index contributed by atoms with van der Waals surface area (Å²) >= 11 is 0. The largest absolute Gasteiger partial charge is 1.00 e. The fourth-order valence-corrected chi connectivity index (χ4v) is 4.20. The Morgan fingerprint density at radius 2 is 1.65 bits per heavy atom. The van der Waals surface area contributed by atoms with Gasteiger partial charge in [-0.05, 0) is 84.0 Å². The van der Waals surface area contributed by atoms with Crippen LogP contribution in [0.25, 0.3) is 11.1 Å². The molecule has 0 bridgehead atoms. The molecule has 0 unspecified atom stereocenters. The average Bonchev–Trinajstić information content (AvgIpc) is 3.16. The van der Waals surface area contributed by atoms with Crippen molar-refractivity contribution in [2.45, 2.75) is 40.3 Å². The maximum absolute atomic E-state index is 11.6. The Kier molecular flexibility index (Phi) is 10.00. The fraction of sp³-hybridized carbons (Fsp3) is 0.286. The number of hydrogen-bond donors (Lipinski definition) is 1. The summed E-state index contributed by atoms with van der Waals surface area (Å²) in [5.74, 6) is 0.601. The molecule has 0 aliphatic rings. The molecule has 0 fully saturated rings. The number of aliphatic hydroxyl groups excluding tert-OH is 1. The molecule has 188 valence electrons. The number of hydrogen-bond acceptors (Lipinski definition) is 6. The first kappa shape index (κ1) is 28.5. The Morgan fingerprint density at radius 3 is 2.27 bits per heavy atom. The van der Waals surface area contributed by atoms with Gasteiger partial charge in [0.2, 0.25) is 0 Å². The minimum atomic E-state index is -0.898. The minimum absolute atomic E-state index is 0. The summed E-state index contributed by atoms with van der Waals surface area (Å²) in [6, 6.07) is 17.5. The van der Waals surface area contributed by atoms with Crippen LogP contribution in [0.15, 0.2) is 68.7 Å². The number of nitrogens with zero attached hydrogens (tertiary/aromatic N) is 2. The molecular weight excluding hydrogens is 483 g/mol. The van der Waals surface area contributed by atoms with E-state index in [0.717, 1.165) is 43.9 Å². The third-order valence-electron chi connectivity index (χ3n) is 6.03. The molecule has 1 N–H and O–H groups in total. The Balaban J connectivity index is 0.00000380. The zero-order chi connectivity index (χ0) is 25.7. The van der Waals surface area contributed by atoms with Gasteiger partial charge in [-0.3, -0.25) is 9.53 Å². The maximum atomic E-state index is 11.6. The van der Waals surface area contributed by atoms with Crippen LogP contribution in [0.1, 0.15) is 34.2 Å². The first-order valence-corrected chi connectivity index (χ1v) is 11.8. The molecule has 0 saturated heterocycles. The molecule has 0 amide bonds. The Labute approximate surface area is 237 Å². The van der Waals surface area contributed by atoms with E-state index in [4.69, 9.17) is 19.1 Å². The molecule has 0 radical (unpaired) electrons. The van der Waals surface area contributed by atoms with Gasteiger partial charge in [0.25, 0.3) is 0 Å². The van der Waals surface area contributed by atoms with Crippen LogP contribution >= 0.6 is 0 Å². The van der Waals surface area contributed by atoms with Gasteiger partial charge in [-0.25, -0.2) is 4.79 Å². The van der Waals surface area contributed by atoms with E-state index in [1.807, 2.05) is 42.5 Å². The SMILES string of the molecule is Cc1cc(OCCCO)cc(C)c1-c1cccc(COc2ccc(Cn3oc(=O)[n-]c3=O)cc2)c1C.[Na+]. The Hall–Kier alpha value is -3.04. The van der Waals surface area contributed by atoms with Crippen LogP contribution < -0.4 is 55.5 Å². The molecule has 0 aliphatic heterocycles.